The van der Waals surface area contributed by atoms with Crippen LogP contribution in [0.3, 0.4) is 0 Å². The number of halogens is 2. The van der Waals surface area contributed by atoms with E-state index in [1.165, 1.54) is 0 Å². The van der Waals surface area contributed by atoms with E-state index in [1.807, 2.05) is 6.92 Å². The summed E-state index contributed by atoms with van der Waals surface area (Å²) in [7, 11) is 0. The van der Waals surface area contributed by atoms with Crippen molar-refractivity contribution in [1.29, 1.82) is 0 Å². The lowest BCUT2D eigenvalue weighted by Gasteiger charge is -2.34. The van der Waals surface area contributed by atoms with Crippen molar-refractivity contribution >= 4 is 0 Å². The Morgan fingerprint density at radius 1 is 1.60 bits per heavy atom. The minimum Gasteiger partial charge on any atom is -0.207 e. The molecule has 1 aliphatic carbocycles. The molecule has 0 aromatic carbocycles. The molecule has 0 aliphatic heterocycles. The zero-order valence-corrected chi connectivity index (χ0v) is 6.16. The zero-order chi connectivity index (χ0) is 7.78. The Labute approximate surface area is 59.9 Å². The van der Waals surface area contributed by atoms with Gasteiger partial charge in [-0.05, 0) is 19.3 Å². The van der Waals surface area contributed by atoms with Crippen LogP contribution in [0, 0.1) is 5.92 Å². The molecule has 0 atom stereocenters. The molecule has 0 heterocycles. The summed E-state index contributed by atoms with van der Waals surface area (Å²) in [6.07, 6.45) is 0.912. The molecule has 1 aliphatic rings. The Balaban J connectivity index is 2.21. The second-order valence-corrected chi connectivity index (χ2v) is 3.29. The molecule has 58 valence electrons. The third kappa shape index (κ3) is 1.79. The lowest BCUT2D eigenvalue weighted by molar-refractivity contribution is -0.109. The van der Waals surface area contributed by atoms with Gasteiger partial charge in [0.15, 0.2) is 0 Å². The van der Waals surface area contributed by atoms with E-state index in [1.54, 1.807) is 0 Å². The third-order valence-corrected chi connectivity index (χ3v) is 1.81. The Morgan fingerprint density at radius 3 is 2.40 bits per heavy atom. The predicted molar refractivity (Wildman–Crippen MR) is 37.1 cm³/mol. The van der Waals surface area contributed by atoms with Crippen molar-refractivity contribution in [2.45, 2.75) is 32.1 Å². The molecule has 1 fully saturated rings. The van der Waals surface area contributed by atoms with Gasteiger partial charge in [-0.3, -0.25) is 0 Å². The Kier molecular flexibility index (Phi) is 1.80. The summed E-state index contributed by atoms with van der Waals surface area (Å²) in [5.74, 6) is -2.16. The van der Waals surface area contributed by atoms with Crippen molar-refractivity contribution in [3.05, 3.63) is 12.2 Å². The van der Waals surface area contributed by atoms with Crippen LogP contribution in [0.4, 0.5) is 8.78 Å². The summed E-state index contributed by atoms with van der Waals surface area (Å²) in [5.41, 5.74) is 1.01. The number of allylic oxidation sites excluding steroid dienone is 1. The first-order valence-electron chi connectivity index (χ1n) is 3.52. The van der Waals surface area contributed by atoms with Gasteiger partial charge in [0.1, 0.15) is 0 Å². The molecule has 0 nitrogen and oxygen atoms in total. The maximum atomic E-state index is 12.2. The first-order valence-corrected chi connectivity index (χ1v) is 3.52. The van der Waals surface area contributed by atoms with Crippen molar-refractivity contribution in [3.63, 3.8) is 0 Å². The fourth-order valence-corrected chi connectivity index (χ4v) is 1.42. The van der Waals surface area contributed by atoms with Crippen LogP contribution in [0.25, 0.3) is 0 Å². The van der Waals surface area contributed by atoms with Crippen LogP contribution < -0.4 is 0 Å². The van der Waals surface area contributed by atoms with Gasteiger partial charge in [0.25, 0.3) is 0 Å². The fourth-order valence-electron chi connectivity index (χ4n) is 1.42. The number of hydrogen-bond acceptors (Lipinski definition) is 0. The highest BCUT2D eigenvalue weighted by atomic mass is 19.3. The third-order valence-electron chi connectivity index (χ3n) is 1.81. The number of hydrogen-bond donors (Lipinski definition) is 0. The van der Waals surface area contributed by atoms with Crippen LogP contribution in [0.2, 0.25) is 0 Å². The molecule has 0 bridgehead atoms. The molecule has 0 radical (unpaired) electrons. The van der Waals surface area contributed by atoms with Gasteiger partial charge >= 0.3 is 0 Å². The molecule has 2 heteroatoms. The van der Waals surface area contributed by atoms with Crippen molar-refractivity contribution in [1.82, 2.24) is 0 Å². The van der Waals surface area contributed by atoms with Crippen molar-refractivity contribution in [2.24, 2.45) is 5.92 Å². The molecule has 1 saturated carbocycles. The van der Waals surface area contributed by atoms with E-state index >= 15 is 0 Å². The number of alkyl halides is 2. The van der Waals surface area contributed by atoms with Crippen molar-refractivity contribution < 1.29 is 8.78 Å². The summed E-state index contributed by atoms with van der Waals surface area (Å²) in [4.78, 5) is 0. The molecule has 0 aromatic heterocycles. The first kappa shape index (κ1) is 7.70. The predicted octanol–water partition coefficient (Wildman–Crippen LogP) is 3.00. The van der Waals surface area contributed by atoms with E-state index in [-0.39, 0.29) is 18.8 Å². The number of rotatable bonds is 2. The van der Waals surface area contributed by atoms with Crippen LogP contribution in [0.1, 0.15) is 26.2 Å². The molecular formula is C8H12F2. The molecule has 1 rings (SSSR count). The molecular weight excluding hydrogens is 134 g/mol. The summed E-state index contributed by atoms with van der Waals surface area (Å²) in [6.45, 7) is 5.57. The highest BCUT2D eigenvalue weighted by Gasteiger charge is 2.44. The quantitative estimate of drug-likeness (QED) is 0.525. The van der Waals surface area contributed by atoms with Gasteiger partial charge in [0, 0.05) is 12.8 Å². The van der Waals surface area contributed by atoms with Gasteiger partial charge in [0.2, 0.25) is 5.92 Å². The zero-order valence-electron chi connectivity index (χ0n) is 6.16. The summed E-state index contributed by atoms with van der Waals surface area (Å²) < 4.78 is 24.4. The highest BCUT2D eigenvalue weighted by Crippen LogP contribution is 2.44. The van der Waals surface area contributed by atoms with E-state index in [0.29, 0.717) is 0 Å². The largest absolute Gasteiger partial charge is 0.248 e. The SMILES string of the molecule is C=C(C)CC1CC(F)(F)C1. The smallest absolute Gasteiger partial charge is 0.207 e. The standard InChI is InChI=1S/C8H12F2/c1-6(2)3-7-4-8(9,10)5-7/h7H,1,3-5H2,2H3. The van der Waals surface area contributed by atoms with Crippen molar-refractivity contribution in [3.8, 4) is 0 Å². The van der Waals surface area contributed by atoms with Gasteiger partial charge in [-0.25, -0.2) is 8.78 Å². The van der Waals surface area contributed by atoms with E-state index in [4.69, 9.17) is 0 Å². The highest BCUT2D eigenvalue weighted by molar-refractivity contribution is 4.97. The van der Waals surface area contributed by atoms with Gasteiger partial charge in [-0.2, -0.15) is 0 Å². The topological polar surface area (TPSA) is 0 Å². The van der Waals surface area contributed by atoms with Crippen LogP contribution in [-0.4, -0.2) is 5.92 Å². The summed E-state index contributed by atoms with van der Waals surface area (Å²) >= 11 is 0. The Bertz CT molecular complexity index is 141. The van der Waals surface area contributed by atoms with E-state index in [9.17, 15) is 8.78 Å². The molecule has 0 spiro atoms. The minimum absolute atomic E-state index is 0.0693. The van der Waals surface area contributed by atoms with E-state index < -0.39 is 5.92 Å². The molecule has 10 heavy (non-hydrogen) atoms. The average molecular weight is 146 g/mol. The van der Waals surface area contributed by atoms with Crippen LogP contribution in [0.5, 0.6) is 0 Å². The Hall–Kier alpha value is -0.400. The second kappa shape index (κ2) is 2.33. The minimum atomic E-state index is -2.36. The van der Waals surface area contributed by atoms with Gasteiger partial charge in [-0.15, -0.1) is 6.58 Å². The lowest BCUT2D eigenvalue weighted by atomic mass is 9.78. The van der Waals surface area contributed by atoms with Gasteiger partial charge in [-0.1, -0.05) is 5.57 Å². The van der Waals surface area contributed by atoms with Crippen molar-refractivity contribution in [2.75, 3.05) is 0 Å². The maximum absolute atomic E-state index is 12.2. The molecule has 0 unspecified atom stereocenters. The molecule has 0 N–H and O–H groups in total. The molecule has 0 aromatic rings. The monoisotopic (exact) mass is 146 g/mol. The summed E-state index contributed by atoms with van der Waals surface area (Å²) in [5, 5.41) is 0. The Morgan fingerprint density at radius 2 is 2.10 bits per heavy atom. The normalized spacial score (nSPS) is 23.9. The van der Waals surface area contributed by atoms with Crippen LogP contribution in [-0.2, 0) is 0 Å². The fraction of sp³-hybridized carbons (Fsp3) is 0.750. The van der Waals surface area contributed by atoms with Gasteiger partial charge in [0.05, 0.1) is 0 Å². The molecule has 0 saturated heterocycles. The van der Waals surface area contributed by atoms with E-state index in [2.05, 4.69) is 6.58 Å². The molecule has 0 amide bonds. The van der Waals surface area contributed by atoms with Crippen LogP contribution in [0.15, 0.2) is 12.2 Å². The maximum Gasteiger partial charge on any atom is 0.248 e. The first-order chi connectivity index (χ1) is 4.49. The van der Waals surface area contributed by atoms with Crippen LogP contribution >= 0.6 is 0 Å². The lowest BCUT2D eigenvalue weighted by Crippen LogP contribution is -2.35. The average Bonchev–Trinajstić information content (AvgIpc) is 1.57. The van der Waals surface area contributed by atoms with Gasteiger partial charge < -0.3 is 0 Å². The summed E-state index contributed by atoms with van der Waals surface area (Å²) in [6, 6.07) is 0. The second-order valence-electron chi connectivity index (χ2n) is 3.29. The van der Waals surface area contributed by atoms with E-state index in [0.717, 1.165) is 12.0 Å².